The fourth-order valence-corrected chi connectivity index (χ4v) is 3.04. The number of benzene rings is 2. The lowest BCUT2D eigenvalue weighted by atomic mass is 10.1. The van der Waals surface area contributed by atoms with E-state index in [0.717, 1.165) is 26.4 Å². The molecule has 0 saturated heterocycles. The Hall–Kier alpha value is -2.27. The molecule has 0 aliphatic rings. The first-order valence-corrected chi connectivity index (χ1v) is 6.58. The molecule has 2 aromatic carbocycles. The Balaban J connectivity index is 2.13. The monoisotopic (exact) mass is 270 g/mol. The van der Waals surface area contributed by atoms with Crippen LogP contribution in [0.5, 0.6) is 0 Å². The van der Waals surface area contributed by atoms with E-state index in [-0.39, 0.29) is 10.6 Å². The lowest BCUT2D eigenvalue weighted by Gasteiger charge is -2.01. The van der Waals surface area contributed by atoms with Crippen LogP contribution in [0.3, 0.4) is 0 Å². The molecule has 0 aliphatic heterocycles. The topological polar surface area (TPSA) is 56.0 Å². The van der Waals surface area contributed by atoms with E-state index in [4.69, 9.17) is 0 Å². The Kier molecular flexibility index (Phi) is 2.76. The molecule has 0 fully saturated rings. The number of non-ortho nitro benzene ring substituents is 1. The van der Waals surface area contributed by atoms with Gasteiger partial charge in [0.05, 0.1) is 15.1 Å². The Labute approximate surface area is 113 Å². The highest BCUT2D eigenvalue weighted by molar-refractivity contribution is 7.21. The second-order valence-corrected chi connectivity index (χ2v) is 5.27. The molecule has 0 bridgehead atoms. The molecule has 19 heavy (non-hydrogen) atoms. The summed E-state index contributed by atoms with van der Waals surface area (Å²) in [5, 5.41) is 11.6. The molecule has 0 saturated carbocycles. The maximum atomic E-state index is 10.7. The number of rotatable bonds is 2. The maximum absolute atomic E-state index is 10.7. The second-order valence-electron chi connectivity index (χ2n) is 4.24. The summed E-state index contributed by atoms with van der Waals surface area (Å²) in [7, 11) is 0. The Morgan fingerprint density at radius 2 is 2.00 bits per heavy atom. The van der Waals surface area contributed by atoms with Crippen LogP contribution in [0.25, 0.3) is 20.8 Å². The molecule has 1 aromatic heterocycles. The number of thiazole rings is 1. The summed E-state index contributed by atoms with van der Waals surface area (Å²) in [4.78, 5) is 14.9. The van der Waals surface area contributed by atoms with Crippen LogP contribution in [0.2, 0.25) is 0 Å². The van der Waals surface area contributed by atoms with Crippen molar-refractivity contribution in [1.29, 1.82) is 0 Å². The third-order valence-corrected chi connectivity index (χ3v) is 4.01. The van der Waals surface area contributed by atoms with Gasteiger partial charge >= 0.3 is 0 Å². The van der Waals surface area contributed by atoms with Crippen LogP contribution in [0.4, 0.5) is 5.69 Å². The van der Waals surface area contributed by atoms with Crippen molar-refractivity contribution in [3.8, 4) is 10.6 Å². The highest BCUT2D eigenvalue weighted by Gasteiger charge is 2.12. The van der Waals surface area contributed by atoms with Gasteiger partial charge in [-0.15, -0.1) is 11.3 Å². The van der Waals surface area contributed by atoms with E-state index in [9.17, 15) is 10.1 Å². The normalized spacial score (nSPS) is 10.8. The van der Waals surface area contributed by atoms with E-state index in [1.165, 1.54) is 6.07 Å². The van der Waals surface area contributed by atoms with E-state index in [1.54, 1.807) is 23.5 Å². The second kappa shape index (κ2) is 4.44. The van der Waals surface area contributed by atoms with Crippen LogP contribution in [-0.2, 0) is 0 Å². The van der Waals surface area contributed by atoms with Crippen molar-refractivity contribution in [2.75, 3.05) is 0 Å². The smallest absolute Gasteiger partial charge is 0.258 e. The van der Waals surface area contributed by atoms with Gasteiger partial charge in [-0.2, -0.15) is 0 Å². The molecule has 0 aliphatic carbocycles. The summed E-state index contributed by atoms with van der Waals surface area (Å²) >= 11 is 1.60. The minimum atomic E-state index is -0.380. The Bertz CT molecular complexity index is 747. The van der Waals surface area contributed by atoms with Gasteiger partial charge in [0, 0.05) is 17.7 Å². The van der Waals surface area contributed by atoms with Crippen LogP contribution in [0.1, 0.15) is 5.56 Å². The van der Waals surface area contributed by atoms with Gasteiger partial charge in [0.15, 0.2) is 0 Å². The summed E-state index contributed by atoms with van der Waals surface area (Å²) in [5.74, 6) is 0. The van der Waals surface area contributed by atoms with Crippen LogP contribution in [-0.4, -0.2) is 9.91 Å². The first kappa shape index (κ1) is 11.8. The van der Waals surface area contributed by atoms with E-state index in [1.807, 2.05) is 31.2 Å². The molecular weight excluding hydrogens is 260 g/mol. The molecule has 0 amide bonds. The van der Waals surface area contributed by atoms with Gasteiger partial charge in [-0.3, -0.25) is 10.1 Å². The summed E-state index contributed by atoms with van der Waals surface area (Å²) in [6.45, 7) is 1.87. The Morgan fingerprint density at radius 3 is 2.68 bits per heavy atom. The average molecular weight is 270 g/mol. The predicted octanol–water partition coefficient (Wildman–Crippen LogP) is 4.18. The average Bonchev–Trinajstić information content (AvgIpc) is 2.81. The molecule has 0 N–H and O–H groups in total. The minimum Gasteiger partial charge on any atom is -0.258 e. The van der Waals surface area contributed by atoms with Gasteiger partial charge in [-0.1, -0.05) is 12.1 Å². The molecule has 0 spiro atoms. The molecule has 0 unspecified atom stereocenters. The van der Waals surface area contributed by atoms with Gasteiger partial charge < -0.3 is 0 Å². The van der Waals surface area contributed by atoms with E-state index in [2.05, 4.69) is 4.98 Å². The maximum Gasteiger partial charge on any atom is 0.269 e. The highest BCUT2D eigenvalue weighted by Crippen LogP contribution is 2.33. The number of nitrogens with zero attached hydrogens (tertiary/aromatic N) is 2. The van der Waals surface area contributed by atoms with Gasteiger partial charge in [0.2, 0.25) is 0 Å². The zero-order valence-corrected chi connectivity index (χ0v) is 11.0. The third-order valence-electron chi connectivity index (χ3n) is 2.95. The van der Waals surface area contributed by atoms with E-state index < -0.39 is 0 Å². The Morgan fingerprint density at radius 1 is 1.21 bits per heavy atom. The van der Waals surface area contributed by atoms with Gasteiger partial charge in [-0.25, -0.2) is 4.98 Å². The highest BCUT2D eigenvalue weighted by atomic mass is 32.1. The number of hydrogen-bond donors (Lipinski definition) is 0. The first-order valence-electron chi connectivity index (χ1n) is 5.76. The third kappa shape index (κ3) is 2.08. The number of aryl methyl sites for hydroxylation is 1. The van der Waals surface area contributed by atoms with Crippen LogP contribution < -0.4 is 0 Å². The number of aromatic nitrogens is 1. The lowest BCUT2D eigenvalue weighted by Crippen LogP contribution is -1.90. The standard InChI is InChI=1S/C14H10N2O2S/c1-9-8-10(16(17)18)6-7-11(9)14-15-12-4-2-3-5-13(12)19-14/h2-8H,1H3. The molecule has 94 valence electrons. The van der Waals surface area contributed by atoms with E-state index in [0.29, 0.717) is 0 Å². The van der Waals surface area contributed by atoms with Crippen molar-refractivity contribution in [3.63, 3.8) is 0 Å². The summed E-state index contributed by atoms with van der Waals surface area (Å²) in [6.07, 6.45) is 0. The number of para-hydroxylation sites is 1. The van der Waals surface area contributed by atoms with Crippen molar-refractivity contribution in [2.45, 2.75) is 6.92 Å². The quantitative estimate of drug-likeness (QED) is 0.518. The summed E-state index contributed by atoms with van der Waals surface area (Å²) < 4.78 is 1.12. The molecule has 3 rings (SSSR count). The molecule has 5 heteroatoms. The molecule has 4 nitrogen and oxygen atoms in total. The minimum absolute atomic E-state index is 0.113. The molecular formula is C14H10N2O2S. The van der Waals surface area contributed by atoms with Crippen molar-refractivity contribution < 1.29 is 4.92 Å². The zero-order valence-electron chi connectivity index (χ0n) is 10.2. The fourth-order valence-electron chi connectivity index (χ4n) is 1.99. The first-order chi connectivity index (χ1) is 9.15. The number of nitro groups is 1. The van der Waals surface area contributed by atoms with Gasteiger partial charge in [0.1, 0.15) is 5.01 Å². The summed E-state index contributed by atoms with van der Waals surface area (Å²) in [5.41, 5.74) is 2.89. The molecule has 3 aromatic rings. The number of fused-ring (bicyclic) bond motifs is 1. The molecule has 0 radical (unpaired) electrons. The molecule has 1 heterocycles. The number of nitro benzene ring substituents is 1. The molecule has 0 atom stereocenters. The van der Waals surface area contributed by atoms with Crippen LogP contribution >= 0.6 is 11.3 Å². The van der Waals surface area contributed by atoms with E-state index >= 15 is 0 Å². The van der Waals surface area contributed by atoms with Crippen molar-refractivity contribution in [2.24, 2.45) is 0 Å². The van der Waals surface area contributed by atoms with Gasteiger partial charge in [0.25, 0.3) is 5.69 Å². The number of hydrogen-bond acceptors (Lipinski definition) is 4. The largest absolute Gasteiger partial charge is 0.269 e. The zero-order chi connectivity index (χ0) is 13.4. The van der Waals surface area contributed by atoms with Crippen molar-refractivity contribution in [3.05, 3.63) is 58.1 Å². The fraction of sp³-hybridized carbons (Fsp3) is 0.0714. The van der Waals surface area contributed by atoms with Gasteiger partial charge in [-0.05, 0) is 30.7 Å². The SMILES string of the molecule is Cc1cc([N+](=O)[O-])ccc1-c1nc2ccccc2s1. The summed E-state index contributed by atoms with van der Waals surface area (Å²) in [6, 6.07) is 12.8. The van der Waals surface area contributed by atoms with Crippen molar-refractivity contribution in [1.82, 2.24) is 4.98 Å². The lowest BCUT2D eigenvalue weighted by molar-refractivity contribution is -0.384. The van der Waals surface area contributed by atoms with Crippen molar-refractivity contribution >= 4 is 27.2 Å². The van der Waals surface area contributed by atoms with Crippen LogP contribution in [0, 0.1) is 17.0 Å². The van der Waals surface area contributed by atoms with Crippen LogP contribution in [0.15, 0.2) is 42.5 Å². The predicted molar refractivity (Wildman–Crippen MR) is 76.4 cm³/mol.